The number of aromatic nitrogens is 3. The van der Waals surface area contributed by atoms with Gasteiger partial charge >= 0.3 is 0 Å². The summed E-state index contributed by atoms with van der Waals surface area (Å²) in [6.07, 6.45) is 1.87. The Morgan fingerprint density at radius 2 is 2.00 bits per heavy atom. The number of amides is 1. The summed E-state index contributed by atoms with van der Waals surface area (Å²) in [5.41, 5.74) is 3.47. The Bertz CT molecular complexity index is 929. The number of halogens is 1. The van der Waals surface area contributed by atoms with Gasteiger partial charge in [-0.3, -0.25) is 4.79 Å². The fourth-order valence-electron chi connectivity index (χ4n) is 3.26. The minimum atomic E-state index is -0.292. The van der Waals surface area contributed by atoms with Crippen molar-refractivity contribution >= 4 is 17.2 Å². The van der Waals surface area contributed by atoms with Crippen molar-refractivity contribution in [3.05, 3.63) is 52.7 Å². The van der Waals surface area contributed by atoms with E-state index in [4.69, 9.17) is 4.42 Å². The van der Waals surface area contributed by atoms with E-state index in [-0.39, 0.29) is 17.6 Å². The Labute approximate surface area is 160 Å². The summed E-state index contributed by atoms with van der Waals surface area (Å²) in [6.45, 7) is 3.23. The van der Waals surface area contributed by atoms with Crippen molar-refractivity contribution in [2.24, 2.45) is 0 Å². The lowest BCUT2D eigenvalue weighted by atomic mass is 9.96. The monoisotopic (exact) mass is 386 g/mol. The molecule has 0 spiro atoms. The Balaban J connectivity index is 1.35. The maximum Gasteiger partial charge on any atom is 0.259 e. The number of carbonyl (C=O) groups is 1. The van der Waals surface area contributed by atoms with Crippen LogP contribution in [0.3, 0.4) is 0 Å². The minimum Gasteiger partial charge on any atom is -0.420 e. The molecular formula is C19H19FN4O2S. The number of thiazole rings is 1. The number of piperidine rings is 1. The standard InChI is InChI=1S/C19H19FN4O2S/c1-12-17(27-11-21-12)19-23-22-18(26-19)14-6-8-24(9-7-14)16(25)10-13-2-4-15(20)5-3-13/h2-5,11,14H,6-10H2,1H3. The van der Waals surface area contributed by atoms with Gasteiger partial charge in [0.15, 0.2) is 0 Å². The Kier molecular flexibility index (Phi) is 4.98. The molecular weight excluding hydrogens is 367 g/mol. The average molecular weight is 386 g/mol. The summed E-state index contributed by atoms with van der Waals surface area (Å²) in [4.78, 5) is 19.4. The van der Waals surface area contributed by atoms with Gasteiger partial charge in [0.2, 0.25) is 11.8 Å². The van der Waals surface area contributed by atoms with Crippen molar-refractivity contribution in [2.75, 3.05) is 13.1 Å². The first-order chi connectivity index (χ1) is 13.1. The van der Waals surface area contributed by atoms with E-state index in [1.54, 1.807) is 17.6 Å². The van der Waals surface area contributed by atoms with Gasteiger partial charge in [0.25, 0.3) is 5.89 Å². The summed E-state index contributed by atoms with van der Waals surface area (Å²) in [6, 6.07) is 6.07. The third-order valence-corrected chi connectivity index (χ3v) is 5.76. The van der Waals surface area contributed by atoms with Crippen LogP contribution in [0.5, 0.6) is 0 Å². The maximum atomic E-state index is 13.0. The van der Waals surface area contributed by atoms with Crippen LogP contribution in [-0.4, -0.2) is 39.1 Å². The smallest absolute Gasteiger partial charge is 0.259 e. The van der Waals surface area contributed by atoms with Gasteiger partial charge in [0, 0.05) is 19.0 Å². The largest absolute Gasteiger partial charge is 0.420 e. The van der Waals surface area contributed by atoms with E-state index in [2.05, 4.69) is 15.2 Å². The molecule has 0 unspecified atom stereocenters. The van der Waals surface area contributed by atoms with Crippen LogP contribution >= 0.6 is 11.3 Å². The van der Waals surface area contributed by atoms with Crippen LogP contribution in [0.1, 0.15) is 35.9 Å². The molecule has 0 bridgehead atoms. The molecule has 1 aliphatic rings. The molecule has 0 saturated carbocycles. The van der Waals surface area contributed by atoms with Crippen LogP contribution in [0, 0.1) is 12.7 Å². The number of carbonyl (C=O) groups excluding carboxylic acids is 1. The lowest BCUT2D eigenvalue weighted by Gasteiger charge is -2.30. The molecule has 1 saturated heterocycles. The quantitative estimate of drug-likeness (QED) is 0.685. The van der Waals surface area contributed by atoms with Crippen LogP contribution in [0.4, 0.5) is 4.39 Å². The summed E-state index contributed by atoms with van der Waals surface area (Å²) in [7, 11) is 0. The molecule has 0 N–H and O–H groups in total. The fourth-order valence-corrected chi connectivity index (χ4v) is 3.99. The summed E-state index contributed by atoms with van der Waals surface area (Å²) < 4.78 is 18.8. The fraction of sp³-hybridized carbons (Fsp3) is 0.368. The van der Waals surface area contributed by atoms with E-state index >= 15 is 0 Å². The molecule has 1 fully saturated rings. The first-order valence-corrected chi connectivity index (χ1v) is 9.74. The number of hydrogen-bond donors (Lipinski definition) is 0. The summed E-state index contributed by atoms with van der Waals surface area (Å²) in [5, 5.41) is 8.36. The van der Waals surface area contributed by atoms with Gasteiger partial charge in [0.05, 0.1) is 17.6 Å². The Morgan fingerprint density at radius 3 is 2.67 bits per heavy atom. The van der Waals surface area contributed by atoms with Crippen molar-refractivity contribution in [1.29, 1.82) is 0 Å². The van der Waals surface area contributed by atoms with Gasteiger partial charge in [-0.15, -0.1) is 21.5 Å². The normalized spacial score (nSPS) is 15.3. The lowest BCUT2D eigenvalue weighted by molar-refractivity contribution is -0.131. The van der Waals surface area contributed by atoms with E-state index in [0.717, 1.165) is 29.0 Å². The molecule has 6 nitrogen and oxygen atoms in total. The van der Waals surface area contributed by atoms with Crippen LogP contribution < -0.4 is 0 Å². The second-order valence-electron chi connectivity index (χ2n) is 6.67. The van der Waals surface area contributed by atoms with Gasteiger partial charge in [-0.25, -0.2) is 9.37 Å². The van der Waals surface area contributed by atoms with E-state index in [9.17, 15) is 9.18 Å². The number of rotatable bonds is 4. The molecule has 1 aromatic carbocycles. The van der Waals surface area contributed by atoms with Crippen molar-refractivity contribution in [3.8, 4) is 10.8 Å². The lowest BCUT2D eigenvalue weighted by Crippen LogP contribution is -2.38. The van der Waals surface area contributed by atoms with Crippen LogP contribution in [0.15, 0.2) is 34.2 Å². The topological polar surface area (TPSA) is 72.1 Å². The molecule has 140 valence electrons. The van der Waals surface area contributed by atoms with Crippen LogP contribution in [-0.2, 0) is 11.2 Å². The summed E-state index contributed by atoms with van der Waals surface area (Å²) in [5.74, 6) is 1.07. The predicted molar refractivity (Wildman–Crippen MR) is 98.8 cm³/mol. The molecule has 0 atom stereocenters. The number of likely N-dealkylation sites (tertiary alicyclic amines) is 1. The van der Waals surface area contributed by atoms with Crippen molar-refractivity contribution < 1.29 is 13.6 Å². The molecule has 8 heteroatoms. The van der Waals surface area contributed by atoms with Gasteiger partial charge in [-0.1, -0.05) is 12.1 Å². The molecule has 2 aromatic heterocycles. The number of aryl methyl sites for hydroxylation is 1. The van der Waals surface area contributed by atoms with Gasteiger partial charge < -0.3 is 9.32 Å². The first-order valence-electron chi connectivity index (χ1n) is 8.86. The maximum absolute atomic E-state index is 13.0. The number of benzene rings is 1. The zero-order valence-corrected chi connectivity index (χ0v) is 15.7. The Morgan fingerprint density at radius 1 is 1.26 bits per heavy atom. The Hall–Kier alpha value is -2.61. The zero-order chi connectivity index (χ0) is 18.8. The molecule has 27 heavy (non-hydrogen) atoms. The van der Waals surface area contributed by atoms with Crippen LogP contribution in [0.2, 0.25) is 0 Å². The van der Waals surface area contributed by atoms with Gasteiger partial charge in [0.1, 0.15) is 10.7 Å². The molecule has 3 heterocycles. The highest BCUT2D eigenvalue weighted by Gasteiger charge is 2.28. The highest BCUT2D eigenvalue weighted by molar-refractivity contribution is 7.13. The van der Waals surface area contributed by atoms with Crippen molar-refractivity contribution in [3.63, 3.8) is 0 Å². The number of nitrogens with zero attached hydrogens (tertiary/aromatic N) is 4. The summed E-state index contributed by atoms with van der Waals surface area (Å²) >= 11 is 1.48. The van der Waals surface area contributed by atoms with E-state index in [1.807, 2.05) is 11.8 Å². The van der Waals surface area contributed by atoms with Crippen LogP contribution in [0.25, 0.3) is 10.8 Å². The van der Waals surface area contributed by atoms with Crippen molar-refractivity contribution in [1.82, 2.24) is 20.1 Å². The molecule has 0 radical (unpaired) electrons. The SMILES string of the molecule is Cc1ncsc1-c1nnc(C2CCN(C(=O)Cc3ccc(F)cc3)CC2)o1. The third-order valence-electron chi connectivity index (χ3n) is 4.85. The minimum absolute atomic E-state index is 0.0616. The second kappa shape index (κ2) is 7.56. The van der Waals surface area contributed by atoms with E-state index in [1.165, 1.54) is 23.5 Å². The average Bonchev–Trinajstić information content (AvgIpc) is 3.32. The number of hydrogen-bond acceptors (Lipinski definition) is 6. The first kappa shape index (κ1) is 17.8. The second-order valence-corrected chi connectivity index (χ2v) is 7.53. The van der Waals surface area contributed by atoms with Gasteiger partial charge in [-0.05, 0) is 37.5 Å². The van der Waals surface area contributed by atoms with E-state index < -0.39 is 0 Å². The molecule has 1 aliphatic heterocycles. The molecule has 4 rings (SSSR count). The van der Waals surface area contributed by atoms with Gasteiger partial charge in [-0.2, -0.15) is 0 Å². The predicted octanol–water partition coefficient (Wildman–Crippen LogP) is 3.59. The molecule has 0 aliphatic carbocycles. The molecule has 1 amide bonds. The zero-order valence-electron chi connectivity index (χ0n) is 14.9. The highest BCUT2D eigenvalue weighted by atomic mass is 32.1. The van der Waals surface area contributed by atoms with E-state index in [0.29, 0.717) is 31.3 Å². The third kappa shape index (κ3) is 3.90. The van der Waals surface area contributed by atoms with Crippen molar-refractivity contribution in [2.45, 2.75) is 32.1 Å². The highest BCUT2D eigenvalue weighted by Crippen LogP contribution is 2.31. The molecule has 3 aromatic rings.